The summed E-state index contributed by atoms with van der Waals surface area (Å²) >= 11 is 5.91. The van der Waals surface area contributed by atoms with E-state index in [-0.39, 0.29) is 5.91 Å². The molecule has 0 aliphatic carbocycles. The van der Waals surface area contributed by atoms with Crippen LogP contribution < -0.4 is 10.6 Å². The number of carbonyl (C=O) groups excluding carboxylic acids is 1. The van der Waals surface area contributed by atoms with Gasteiger partial charge in [-0.15, -0.1) is 0 Å². The summed E-state index contributed by atoms with van der Waals surface area (Å²) in [6, 6.07) is 18.6. The van der Waals surface area contributed by atoms with E-state index in [0.29, 0.717) is 22.1 Å². The van der Waals surface area contributed by atoms with Gasteiger partial charge >= 0.3 is 0 Å². The third kappa shape index (κ3) is 6.04. The van der Waals surface area contributed by atoms with Crippen molar-refractivity contribution in [1.82, 2.24) is 9.88 Å². The van der Waals surface area contributed by atoms with Crippen LogP contribution in [0.4, 0.5) is 17.2 Å². The zero-order valence-electron chi connectivity index (χ0n) is 16.7. The zero-order chi connectivity index (χ0) is 20.6. The first-order valence-corrected chi connectivity index (χ1v) is 9.92. The Morgan fingerprint density at radius 1 is 1.00 bits per heavy atom. The minimum Gasteiger partial charge on any atom is -0.338 e. The average molecular weight is 409 g/mol. The van der Waals surface area contributed by atoms with Crippen molar-refractivity contribution >= 4 is 34.7 Å². The molecule has 6 heteroatoms. The molecule has 0 atom stereocenters. The number of amides is 1. The molecule has 29 heavy (non-hydrogen) atoms. The van der Waals surface area contributed by atoms with Crippen LogP contribution in [-0.4, -0.2) is 36.4 Å². The molecule has 3 aromatic rings. The fourth-order valence-electron chi connectivity index (χ4n) is 2.98. The summed E-state index contributed by atoms with van der Waals surface area (Å²) in [7, 11) is 4.15. The maximum absolute atomic E-state index is 12.6. The number of pyridine rings is 1. The molecule has 150 valence electrons. The van der Waals surface area contributed by atoms with Gasteiger partial charge in [0.2, 0.25) is 0 Å². The topological polar surface area (TPSA) is 57.3 Å². The molecule has 0 spiro atoms. The third-order valence-corrected chi connectivity index (χ3v) is 4.74. The van der Waals surface area contributed by atoms with E-state index >= 15 is 0 Å². The van der Waals surface area contributed by atoms with E-state index < -0.39 is 0 Å². The Labute approximate surface area is 176 Å². The predicted molar refractivity (Wildman–Crippen MR) is 120 cm³/mol. The number of benzene rings is 2. The summed E-state index contributed by atoms with van der Waals surface area (Å²) in [5.41, 5.74) is 3.37. The highest BCUT2D eigenvalue weighted by atomic mass is 35.5. The van der Waals surface area contributed by atoms with Crippen LogP contribution in [0, 0.1) is 0 Å². The van der Waals surface area contributed by atoms with Gasteiger partial charge < -0.3 is 15.5 Å². The van der Waals surface area contributed by atoms with Crippen LogP contribution in [0.5, 0.6) is 0 Å². The van der Waals surface area contributed by atoms with Crippen LogP contribution in [0.2, 0.25) is 5.02 Å². The van der Waals surface area contributed by atoms with Crippen molar-refractivity contribution in [2.24, 2.45) is 0 Å². The number of anilines is 3. The van der Waals surface area contributed by atoms with Gasteiger partial charge in [0.15, 0.2) is 5.82 Å². The molecule has 5 nitrogen and oxygen atoms in total. The quantitative estimate of drug-likeness (QED) is 0.536. The SMILES string of the molecule is CN(C)CCCc1ccccc1Nc1ncccc1NC(=O)c1ccc(Cl)cc1. The smallest absolute Gasteiger partial charge is 0.255 e. The molecule has 0 saturated carbocycles. The Balaban J connectivity index is 1.76. The van der Waals surface area contributed by atoms with E-state index in [1.54, 1.807) is 36.5 Å². The summed E-state index contributed by atoms with van der Waals surface area (Å²) in [5, 5.41) is 6.91. The average Bonchev–Trinajstić information content (AvgIpc) is 2.71. The van der Waals surface area contributed by atoms with E-state index in [0.717, 1.165) is 25.1 Å². The number of hydrogen-bond acceptors (Lipinski definition) is 4. The lowest BCUT2D eigenvalue weighted by atomic mass is 10.1. The largest absolute Gasteiger partial charge is 0.338 e. The zero-order valence-corrected chi connectivity index (χ0v) is 17.4. The molecule has 0 radical (unpaired) electrons. The molecule has 0 bridgehead atoms. The van der Waals surface area contributed by atoms with E-state index in [4.69, 9.17) is 11.6 Å². The number of nitrogens with one attached hydrogen (secondary N) is 2. The molecule has 0 unspecified atom stereocenters. The predicted octanol–water partition coefficient (Wildman–Crippen LogP) is 5.23. The van der Waals surface area contributed by atoms with Crippen molar-refractivity contribution in [3.05, 3.63) is 83.0 Å². The molecule has 1 heterocycles. The van der Waals surface area contributed by atoms with Gasteiger partial charge in [0, 0.05) is 22.5 Å². The van der Waals surface area contributed by atoms with Crippen LogP contribution in [0.1, 0.15) is 22.3 Å². The third-order valence-electron chi connectivity index (χ3n) is 4.48. The Kier molecular flexibility index (Phi) is 7.22. The molecule has 3 rings (SSSR count). The lowest BCUT2D eigenvalue weighted by Crippen LogP contribution is -2.14. The maximum atomic E-state index is 12.6. The van der Waals surface area contributed by atoms with Crippen molar-refractivity contribution in [3.63, 3.8) is 0 Å². The second-order valence-corrected chi connectivity index (χ2v) is 7.49. The van der Waals surface area contributed by atoms with Crippen molar-refractivity contribution in [3.8, 4) is 0 Å². The summed E-state index contributed by atoms with van der Waals surface area (Å²) in [4.78, 5) is 19.2. The van der Waals surface area contributed by atoms with E-state index in [1.165, 1.54) is 5.56 Å². The van der Waals surface area contributed by atoms with Gasteiger partial charge in [-0.25, -0.2) is 4.98 Å². The van der Waals surface area contributed by atoms with Crippen LogP contribution >= 0.6 is 11.6 Å². The van der Waals surface area contributed by atoms with Crippen LogP contribution in [0.25, 0.3) is 0 Å². The Morgan fingerprint density at radius 2 is 1.72 bits per heavy atom. The highest BCUT2D eigenvalue weighted by Crippen LogP contribution is 2.26. The van der Waals surface area contributed by atoms with Crippen LogP contribution in [0.3, 0.4) is 0 Å². The maximum Gasteiger partial charge on any atom is 0.255 e. The molecular weight excluding hydrogens is 384 g/mol. The molecule has 0 saturated heterocycles. The summed E-state index contributed by atoms with van der Waals surface area (Å²) in [5.74, 6) is 0.395. The standard InChI is InChI=1S/C23H25ClN4O/c1-28(2)16-6-8-17-7-3-4-9-20(17)26-22-21(10-5-15-25-22)27-23(29)18-11-13-19(24)14-12-18/h3-5,7,9-15H,6,8,16H2,1-2H3,(H,25,26)(H,27,29). The Morgan fingerprint density at radius 3 is 2.48 bits per heavy atom. The van der Waals surface area contributed by atoms with Gasteiger partial charge in [-0.3, -0.25) is 4.79 Å². The van der Waals surface area contributed by atoms with Gasteiger partial charge in [0.05, 0.1) is 5.69 Å². The number of nitrogens with zero attached hydrogens (tertiary/aromatic N) is 2. The minimum absolute atomic E-state index is 0.211. The fraction of sp³-hybridized carbons (Fsp3) is 0.217. The van der Waals surface area contributed by atoms with Crippen molar-refractivity contribution in [2.45, 2.75) is 12.8 Å². The molecule has 0 fully saturated rings. The molecule has 2 aromatic carbocycles. The highest BCUT2D eigenvalue weighted by Gasteiger charge is 2.11. The van der Waals surface area contributed by atoms with Gasteiger partial charge in [-0.1, -0.05) is 29.8 Å². The second kappa shape index (κ2) is 10.0. The van der Waals surface area contributed by atoms with Crippen LogP contribution in [0.15, 0.2) is 66.9 Å². The molecule has 1 aromatic heterocycles. The molecular formula is C23H25ClN4O. The van der Waals surface area contributed by atoms with E-state index in [2.05, 4.69) is 40.7 Å². The number of aryl methyl sites for hydroxylation is 1. The van der Waals surface area contributed by atoms with Crippen molar-refractivity contribution in [2.75, 3.05) is 31.3 Å². The van der Waals surface area contributed by atoms with Gasteiger partial charge in [0.1, 0.15) is 0 Å². The lowest BCUT2D eigenvalue weighted by molar-refractivity contribution is 0.102. The minimum atomic E-state index is -0.211. The number of halogens is 1. The van der Waals surface area contributed by atoms with E-state index in [9.17, 15) is 4.79 Å². The Bertz CT molecular complexity index is 957. The fourth-order valence-corrected chi connectivity index (χ4v) is 3.10. The number of para-hydroxylation sites is 1. The van der Waals surface area contributed by atoms with Gasteiger partial charge in [-0.05, 0) is 81.5 Å². The first kappa shape index (κ1) is 20.8. The van der Waals surface area contributed by atoms with Crippen molar-refractivity contribution in [1.29, 1.82) is 0 Å². The lowest BCUT2D eigenvalue weighted by Gasteiger charge is -2.15. The summed E-state index contributed by atoms with van der Waals surface area (Å²) < 4.78 is 0. The monoisotopic (exact) mass is 408 g/mol. The first-order chi connectivity index (χ1) is 14.0. The highest BCUT2D eigenvalue weighted by molar-refractivity contribution is 6.30. The molecule has 1 amide bonds. The number of rotatable bonds is 8. The van der Waals surface area contributed by atoms with E-state index in [1.807, 2.05) is 24.3 Å². The summed E-state index contributed by atoms with van der Waals surface area (Å²) in [6.07, 6.45) is 3.73. The van der Waals surface area contributed by atoms with Crippen LogP contribution in [-0.2, 0) is 6.42 Å². The molecule has 0 aliphatic rings. The Hall–Kier alpha value is -2.89. The number of aromatic nitrogens is 1. The van der Waals surface area contributed by atoms with Gasteiger partial charge in [-0.2, -0.15) is 0 Å². The normalized spacial score (nSPS) is 10.8. The second-order valence-electron chi connectivity index (χ2n) is 7.05. The number of hydrogen-bond donors (Lipinski definition) is 2. The first-order valence-electron chi connectivity index (χ1n) is 9.54. The van der Waals surface area contributed by atoms with Crippen molar-refractivity contribution < 1.29 is 4.79 Å². The summed E-state index contributed by atoms with van der Waals surface area (Å²) in [6.45, 7) is 1.03. The molecule has 2 N–H and O–H groups in total. The van der Waals surface area contributed by atoms with Gasteiger partial charge in [0.25, 0.3) is 5.91 Å². The molecule has 0 aliphatic heterocycles. The number of carbonyl (C=O) groups is 1.